The zero-order valence-corrected chi connectivity index (χ0v) is 13.1. The smallest absolute Gasteiger partial charge is 0.174 e. The first-order valence-corrected chi connectivity index (χ1v) is 8.44. The van der Waals surface area contributed by atoms with Crippen LogP contribution in [-0.4, -0.2) is 29.7 Å². The molecular weight excluding hydrogens is 252 g/mol. The van der Waals surface area contributed by atoms with Crippen LogP contribution < -0.4 is 0 Å². The molecular formula is C17H28O3. The summed E-state index contributed by atoms with van der Waals surface area (Å²) in [5.74, 6) is 1.90. The summed E-state index contributed by atoms with van der Waals surface area (Å²) in [5.41, 5.74) is 0.275. The summed E-state index contributed by atoms with van der Waals surface area (Å²) in [5, 5.41) is 10.8. The van der Waals surface area contributed by atoms with Gasteiger partial charge in [-0.1, -0.05) is 20.8 Å². The van der Waals surface area contributed by atoms with Crippen LogP contribution >= 0.6 is 0 Å². The van der Waals surface area contributed by atoms with Crippen LogP contribution in [0.2, 0.25) is 0 Å². The lowest BCUT2D eigenvalue weighted by atomic mass is 9.56. The van der Waals surface area contributed by atoms with E-state index in [0.29, 0.717) is 36.4 Å². The molecule has 0 aromatic heterocycles. The summed E-state index contributed by atoms with van der Waals surface area (Å²) in [6.07, 6.45) is 3.48. The largest absolute Gasteiger partial charge is 0.392 e. The molecule has 1 unspecified atom stereocenters. The van der Waals surface area contributed by atoms with Crippen molar-refractivity contribution in [2.45, 2.75) is 65.0 Å². The van der Waals surface area contributed by atoms with Gasteiger partial charge in [-0.2, -0.15) is 0 Å². The van der Waals surface area contributed by atoms with Crippen LogP contribution in [0.25, 0.3) is 0 Å². The summed E-state index contributed by atoms with van der Waals surface area (Å²) in [6, 6.07) is 0. The molecule has 3 aliphatic carbocycles. The van der Waals surface area contributed by atoms with Gasteiger partial charge in [0.1, 0.15) is 0 Å². The Balaban J connectivity index is 1.77. The molecule has 3 saturated carbocycles. The lowest BCUT2D eigenvalue weighted by Gasteiger charge is -2.47. The van der Waals surface area contributed by atoms with Gasteiger partial charge in [-0.3, -0.25) is 0 Å². The molecule has 0 radical (unpaired) electrons. The first-order chi connectivity index (χ1) is 9.44. The predicted molar refractivity (Wildman–Crippen MR) is 76.0 cm³/mol. The highest BCUT2D eigenvalue weighted by Gasteiger charge is 2.78. The van der Waals surface area contributed by atoms with Crippen LogP contribution in [0.3, 0.4) is 0 Å². The molecule has 0 spiro atoms. The second-order valence-corrected chi connectivity index (χ2v) is 8.13. The Bertz CT molecular complexity index is 422. The summed E-state index contributed by atoms with van der Waals surface area (Å²) in [7, 11) is 0. The molecule has 4 fully saturated rings. The van der Waals surface area contributed by atoms with E-state index in [1.165, 1.54) is 12.8 Å². The number of hydrogen-bond donors (Lipinski definition) is 1. The third-order valence-corrected chi connectivity index (χ3v) is 7.16. The van der Waals surface area contributed by atoms with Crippen LogP contribution in [0, 0.1) is 35.0 Å². The monoisotopic (exact) mass is 280 g/mol. The second kappa shape index (κ2) is 3.99. The molecule has 0 aromatic carbocycles. The van der Waals surface area contributed by atoms with Crippen LogP contribution in [-0.2, 0) is 9.47 Å². The van der Waals surface area contributed by atoms with E-state index >= 15 is 0 Å². The second-order valence-electron chi connectivity index (χ2n) is 8.13. The van der Waals surface area contributed by atoms with Crippen LogP contribution in [0.1, 0.15) is 47.0 Å². The Morgan fingerprint density at radius 1 is 1.35 bits per heavy atom. The number of rotatable bonds is 3. The van der Waals surface area contributed by atoms with Crippen molar-refractivity contribution in [3.05, 3.63) is 0 Å². The van der Waals surface area contributed by atoms with Gasteiger partial charge in [0, 0.05) is 24.9 Å². The van der Waals surface area contributed by atoms with Gasteiger partial charge in [-0.25, -0.2) is 0 Å². The summed E-state index contributed by atoms with van der Waals surface area (Å²) < 4.78 is 12.7. The van der Waals surface area contributed by atoms with E-state index in [4.69, 9.17) is 9.47 Å². The quantitative estimate of drug-likeness (QED) is 0.864. The number of aliphatic hydroxyl groups excluding tert-OH is 1. The van der Waals surface area contributed by atoms with Crippen LogP contribution in [0.4, 0.5) is 0 Å². The fraction of sp³-hybridized carbons (Fsp3) is 1.00. The maximum atomic E-state index is 10.8. The van der Waals surface area contributed by atoms with Gasteiger partial charge in [0.2, 0.25) is 0 Å². The molecule has 8 atom stereocenters. The summed E-state index contributed by atoms with van der Waals surface area (Å²) in [6.45, 7) is 9.75. The minimum Gasteiger partial charge on any atom is -0.392 e. The topological polar surface area (TPSA) is 38.7 Å². The average molecular weight is 280 g/mol. The van der Waals surface area contributed by atoms with Gasteiger partial charge in [0.05, 0.1) is 12.2 Å². The summed E-state index contributed by atoms with van der Waals surface area (Å²) in [4.78, 5) is 0. The van der Waals surface area contributed by atoms with Crippen LogP contribution in [0.15, 0.2) is 0 Å². The van der Waals surface area contributed by atoms with E-state index in [2.05, 4.69) is 20.8 Å². The van der Waals surface area contributed by atoms with Gasteiger partial charge >= 0.3 is 0 Å². The van der Waals surface area contributed by atoms with Crippen molar-refractivity contribution in [2.75, 3.05) is 6.61 Å². The molecule has 4 rings (SSSR count). The molecule has 3 nitrogen and oxygen atoms in total. The molecule has 0 amide bonds. The van der Waals surface area contributed by atoms with Crippen molar-refractivity contribution in [3.8, 4) is 0 Å². The van der Waals surface area contributed by atoms with E-state index in [0.717, 1.165) is 6.42 Å². The standard InChI is InChI=1S/C17H28O3/c1-5-19-17-8-11-14(18)12(17)13-15(20-17)10(9(2)3)6-7-16(11,13)4/h9-15,18H,5-8H2,1-4H3/t10-,11+,12+,13+,14?,15+,16+,17-/m0/s1. The molecule has 1 saturated heterocycles. The SMILES string of the molecule is CCO[C@]12C[C@@H]3C(O)[C@H]1[C@@H]1[C@H](O2)[C@H](C(C)C)CC[C@@]13C. The molecule has 0 aromatic rings. The molecule has 2 bridgehead atoms. The zero-order chi connectivity index (χ0) is 14.3. The van der Waals surface area contributed by atoms with E-state index in [-0.39, 0.29) is 17.4 Å². The number of fused-ring (bicyclic) bond motifs is 2. The van der Waals surface area contributed by atoms with E-state index in [1.807, 2.05) is 6.92 Å². The minimum absolute atomic E-state index is 0.212. The van der Waals surface area contributed by atoms with Gasteiger partial charge < -0.3 is 14.6 Å². The van der Waals surface area contributed by atoms with E-state index in [1.54, 1.807) is 0 Å². The highest BCUT2D eigenvalue weighted by Crippen LogP contribution is 2.74. The van der Waals surface area contributed by atoms with Crippen molar-refractivity contribution < 1.29 is 14.6 Å². The lowest BCUT2D eigenvalue weighted by molar-refractivity contribution is -0.245. The molecule has 3 heteroatoms. The Hall–Kier alpha value is -0.120. The number of aliphatic hydroxyl groups is 1. The van der Waals surface area contributed by atoms with Crippen molar-refractivity contribution in [1.29, 1.82) is 0 Å². The molecule has 1 N–H and O–H groups in total. The first kappa shape index (κ1) is 13.5. The van der Waals surface area contributed by atoms with Gasteiger partial charge in [0.25, 0.3) is 0 Å². The maximum absolute atomic E-state index is 10.8. The fourth-order valence-corrected chi connectivity index (χ4v) is 6.34. The van der Waals surface area contributed by atoms with Crippen molar-refractivity contribution in [1.82, 2.24) is 0 Å². The third kappa shape index (κ3) is 1.33. The normalized spacial score (nSPS) is 59.7. The first-order valence-electron chi connectivity index (χ1n) is 8.44. The molecule has 114 valence electrons. The minimum atomic E-state index is -0.467. The van der Waals surface area contributed by atoms with Gasteiger partial charge in [-0.15, -0.1) is 0 Å². The van der Waals surface area contributed by atoms with Gasteiger partial charge in [-0.05, 0) is 42.9 Å². The van der Waals surface area contributed by atoms with Crippen molar-refractivity contribution in [3.63, 3.8) is 0 Å². The third-order valence-electron chi connectivity index (χ3n) is 7.16. The zero-order valence-electron chi connectivity index (χ0n) is 13.1. The molecule has 20 heavy (non-hydrogen) atoms. The lowest BCUT2D eigenvalue weighted by Crippen LogP contribution is -2.47. The summed E-state index contributed by atoms with van der Waals surface area (Å²) >= 11 is 0. The van der Waals surface area contributed by atoms with E-state index < -0.39 is 5.79 Å². The molecule has 4 aliphatic rings. The predicted octanol–water partition coefficient (Wildman–Crippen LogP) is 2.82. The van der Waals surface area contributed by atoms with E-state index in [9.17, 15) is 5.11 Å². The average Bonchev–Trinajstić information content (AvgIpc) is 2.90. The highest BCUT2D eigenvalue weighted by atomic mass is 16.7. The Labute approximate surface area is 122 Å². The van der Waals surface area contributed by atoms with Crippen molar-refractivity contribution >= 4 is 0 Å². The van der Waals surface area contributed by atoms with Gasteiger partial charge in [0.15, 0.2) is 5.79 Å². The number of ether oxygens (including phenoxy) is 2. The maximum Gasteiger partial charge on any atom is 0.174 e. The Morgan fingerprint density at radius 3 is 2.75 bits per heavy atom. The molecule has 1 heterocycles. The highest BCUT2D eigenvalue weighted by molar-refractivity contribution is 5.23. The van der Waals surface area contributed by atoms with Crippen LogP contribution in [0.5, 0.6) is 0 Å². The Morgan fingerprint density at radius 2 is 2.10 bits per heavy atom. The Kier molecular flexibility index (Phi) is 2.70. The molecule has 1 aliphatic heterocycles. The fourth-order valence-electron chi connectivity index (χ4n) is 6.34. The van der Waals surface area contributed by atoms with Crippen molar-refractivity contribution in [2.24, 2.45) is 35.0 Å². The number of hydrogen-bond acceptors (Lipinski definition) is 3.